The molecule has 1 aromatic carbocycles. The van der Waals surface area contributed by atoms with Crippen LogP contribution in [0.25, 0.3) is 0 Å². The van der Waals surface area contributed by atoms with Gasteiger partial charge < -0.3 is 34.9 Å². The highest BCUT2D eigenvalue weighted by atomic mass is 16.6. The minimum Gasteiger partial charge on any atom is -0.447 e. The Hall–Kier alpha value is -3.02. The van der Waals surface area contributed by atoms with E-state index in [0.29, 0.717) is 39.3 Å². The lowest BCUT2D eigenvalue weighted by molar-refractivity contribution is -0.140. The maximum Gasteiger partial charge on any atom is 0.407 e. The largest absolute Gasteiger partial charge is 0.447 e. The summed E-state index contributed by atoms with van der Waals surface area (Å²) >= 11 is 0. The minimum atomic E-state index is -1.10. The molecule has 11 nitrogen and oxygen atoms in total. The molecular weight excluding hydrogens is 506 g/mol. The zero-order valence-corrected chi connectivity index (χ0v) is 23.8. The summed E-state index contributed by atoms with van der Waals surface area (Å²) in [5, 5.41) is 7.92. The van der Waals surface area contributed by atoms with E-state index in [2.05, 4.69) is 16.0 Å². The third kappa shape index (κ3) is 15.2. The molecule has 0 aromatic heterocycles. The van der Waals surface area contributed by atoms with Crippen molar-refractivity contribution >= 4 is 23.7 Å². The Labute approximate surface area is 231 Å². The van der Waals surface area contributed by atoms with Crippen LogP contribution in [0.1, 0.15) is 46.1 Å². The van der Waals surface area contributed by atoms with Gasteiger partial charge in [0.1, 0.15) is 18.7 Å². The summed E-state index contributed by atoms with van der Waals surface area (Å²) in [6.45, 7) is 9.37. The smallest absolute Gasteiger partial charge is 0.407 e. The first-order chi connectivity index (χ1) is 18.7. The van der Waals surface area contributed by atoms with Crippen LogP contribution in [-0.2, 0) is 39.8 Å². The fourth-order valence-electron chi connectivity index (χ4n) is 3.43. The SMILES string of the molecule is CCC(C)NC(=O)C(=O)[C@H](Cc1ccccc1)NC(=O)[C@H](CC(C)C)NC(=O)OCCOCCOCCOC. The van der Waals surface area contributed by atoms with E-state index in [1.165, 1.54) is 0 Å². The number of carbonyl (C=O) groups is 4. The molecule has 1 aromatic rings. The summed E-state index contributed by atoms with van der Waals surface area (Å²) < 4.78 is 20.7. The van der Waals surface area contributed by atoms with Crippen molar-refractivity contribution in [3.8, 4) is 0 Å². The van der Waals surface area contributed by atoms with E-state index in [4.69, 9.17) is 18.9 Å². The van der Waals surface area contributed by atoms with Crippen LogP contribution in [0.5, 0.6) is 0 Å². The van der Waals surface area contributed by atoms with Gasteiger partial charge in [0.05, 0.1) is 33.0 Å². The van der Waals surface area contributed by atoms with Crippen molar-refractivity contribution < 1.29 is 38.1 Å². The van der Waals surface area contributed by atoms with Crippen LogP contribution in [0.3, 0.4) is 0 Å². The molecule has 0 aliphatic heterocycles. The average Bonchev–Trinajstić information content (AvgIpc) is 2.91. The van der Waals surface area contributed by atoms with Crippen LogP contribution >= 0.6 is 0 Å². The number of ether oxygens (including phenoxy) is 4. The zero-order valence-electron chi connectivity index (χ0n) is 23.8. The number of hydrogen-bond donors (Lipinski definition) is 3. The lowest BCUT2D eigenvalue weighted by Crippen LogP contribution is -2.55. The first-order valence-corrected chi connectivity index (χ1v) is 13.4. The second-order valence-electron chi connectivity index (χ2n) is 9.58. The van der Waals surface area contributed by atoms with Gasteiger partial charge in [-0.2, -0.15) is 0 Å². The fourth-order valence-corrected chi connectivity index (χ4v) is 3.43. The number of carbonyl (C=O) groups excluding carboxylic acids is 4. The molecule has 0 heterocycles. The number of benzene rings is 1. The summed E-state index contributed by atoms with van der Waals surface area (Å²) in [7, 11) is 1.59. The lowest BCUT2D eigenvalue weighted by Gasteiger charge is -2.24. The molecule has 1 rings (SSSR count). The Morgan fingerprint density at radius 2 is 1.41 bits per heavy atom. The number of hydrogen-bond acceptors (Lipinski definition) is 8. The third-order valence-corrected chi connectivity index (χ3v) is 5.71. The molecule has 1 unspecified atom stereocenters. The fraction of sp³-hybridized carbons (Fsp3) is 0.643. The Morgan fingerprint density at radius 3 is 2.00 bits per heavy atom. The second-order valence-corrected chi connectivity index (χ2v) is 9.58. The van der Waals surface area contributed by atoms with Gasteiger partial charge in [0.2, 0.25) is 11.7 Å². The molecule has 0 spiro atoms. The number of Topliss-reactive ketones (excluding diaryl/α,β-unsaturated/α-hetero) is 1. The number of ketones is 1. The van der Waals surface area contributed by atoms with Crippen LogP contribution in [0.15, 0.2) is 30.3 Å². The van der Waals surface area contributed by atoms with E-state index in [9.17, 15) is 19.2 Å². The standard InChI is InChI=1S/C28H45N3O8/c1-6-21(4)29-27(34)25(32)23(19-22-10-8-7-9-11-22)30-26(33)24(18-20(2)3)31-28(35)39-17-16-38-15-14-37-13-12-36-5/h7-11,20-21,23-24H,6,12-19H2,1-5H3,(H,29,34)(H,30,33)(H,31,35)/t21?,23-,24-/m0/s1. The molecule has 0 radical (unpaired) electrons. The maximum absolute atomic E-state index is 13.2. The molecule has 220 valence electrons. The van der Waals surface area contributed by atoms with E-state index >= 15 is 0 Å². The highest BCUT2D eigenvalue weighted by Gasteiger charge is 2.31. The molecule has 39 heavy (non-hydrogen) atoms. The van der Waals surface area contributed by atoms with Gasteiger partial charge in [-0.15, -0.1) is 0 Å². The van der Waals surface area contributed by atoms with Crippen LogP contribution < -0.4 is 16.0 Å². The van der Waals surface area contributed by atoms with Crippen molar-refractivity contribution in [1.82, 2.24) is 16.0 Å². The molecule has 0 fully saturated rings. The van der Waals surface area contributed by atoms with Gasteiger partial charge in [0.25, 0.3) is 5.91 Å². The lowest BCUT2D eigenvalue weighted by atomic mass is 9.99. The highest BCUT2D eigenvalue weighted by Crippen LogP contribution is 2.09. The monoisotopic (exact) mass is 551 g/mol. The molecule has 0 aliphatic rings. The summed E-state index contributed by atoms with van der Waals surface area (Å²) in [5.41, 5.74) is 0.782. The molecule has 3 N–H and O–H groups in total. The minimum absolute atomic E-state index is 0.00910. The summed E-state index contributed by atoms with van der Waals surface area (Å²) in [4.78, 5) is 51.2. The number of methoxy groups -OCH3 is 1. The molecule has 11 heteroatoms. The first-order valence-electron chi connectivity index (χ1n) is 13.4. The van der Waals surface area contributed by atoms with Crippen LogP contribution in [0, 0.1) is 5.92 Å². The van der Waals surface area contributed by atoms with Crippen molar-refractivity contribution in [2.24, 2.45) is 5.92 Å². The van der Waals surface area contributed by atoms with Crippen molar-refractivity contribution in [2.45, 2.75) is 65.1 Å². The Bertz CT molecular complexity index is 866. The van der Waals surface area contributed by atoms with Gasteiger partial charge in [0.15, 0.2) is 0 Å². The van der Waals surface area contributed by atoms with Crippen LogP contribution in [0.2, 0.25) is 0 Å². The van der Waals surface area contributed by atoms with Crippen LogP contribution in [0.4, 0.5) is 4.79 Å². The molecule has 3 atom stereocenters. The van der Waals surface area contributed by atoms with Crippen molar-refractivity contribution in [3.05, 3.63) is 35.9 Å². The Morgan fingerprint density at radius 1 is 0.795 bits per heavy atom. The predicted octanol–water partition coefficient (Wildman–Crippen LogP) is 2.02. The van der Waals surface area contributed by atoms with Gasteiger partial charge in [-0.05, 0) is 31.2 Å². The van der Waals surface area contributed by atoms with Gasteiger partial charge in [-0.3, -0.25) is 14.4 Å². The quantitative estimate of drug-likeness (QED) is 0.165. The Balaban J connectivity index is 2.74. The molecule has 0 saturated carbocycles. The van der Waals surface area contributed by atoms with Gasteiger partial charge in [-0.1, -0.05) is 51.1 Å². The highest BCUT2D eigenvalue weighted by molar-refractivity contribution is 6.38. The zero-order chi connectivity index (χ0) is 29.0. The second kappa shape index (κ2) is 20.0. The van der Waals surface area contributed by atoms with Crippen LogP contribution in [-0.4, -0.2) is 88.6 Å². The van der Waals surface area contributed by atoms with E-state index in [1.54, 1.807) is 14.0 Å². The molecule has 0 bridgehead atoms. The van der Waals surface area contributed by atoms with E-state index in [-0.39, 0.29) is 31.6 Å². The maximum atomic E-state index is 13.2. The summed E-state index contributed by atoms with van der Waals surface area (Å²) in [6, 6.07) is 6.84. The molecule has 0 saturated heterocycles. The van der Waals surface area contributed by atoms with Crippen molar-refractivity contribution in [3.63, 3.8) is 0 Å². The van der Waals surface area contributed by atoms with E-state index in [0.717, 1.165) is 5.56 Å². The van der Waals surface area contributed by atoms with Crippen molar-refractivity contribution in [2.75, 3.05) is 46.8 Å². The van der Waals surface area contributed by atoms with Gasteiger partial charge >= 0.3 is 6.09 Å². The molecule has 3 amide bonds. The van der Waals surface area contributed by atoms with Gasteiger partial charge in [-0.25, -0.2) is 4.79 Å². The third-order valence-electron chi connectivity index (χ3n) is 5.71. The normalized spacial score (nSPS) is 13.3. The number of rotatable bonds is 20. The number of alkyl carbamates (subject to hydrolysis) is 1. The van der Waals surface area contributed by atoms with Crippen molar-refractivity contribution in [1.29, 1.82) is 0 Å². The first kappa shape index (κ1) is 34.0. The summed E-state index contributed by atoms with van der Waals surface area (Å²) in [5.74, 6) is -2.03. The average molecular weight is 552 g/mol. The van der Waals surface area contributed by atoms with E-state index in [1.807, 2.05) is 51.1 Å². The predicted molar refractivity (Wildman–Crippen MR) is 146 cm³/mol. The van der Waals surface area contributed by atoms with E-state index < -0.39 is 35.8 Å². The summed E-state index contributed by atoms with van der Waals surface area (Å²) in [6.07, 6.45) is 0.313. The molecule has 0 aliphatic carbocycles. The number of nitrogens with one attached hydrogen (secondary N) is 3. The molecular formula is C28H45N3O8. The van der Waals surface area contributed by atoms with Gasteiger partial charge in [0, 0.05) is 19.6 Å². The Kier molecular flexibility index (Phi) is 17.4. The topological polar surface area (TPSA) is 141 Å². The number of amides is 3.